The molecule has 0 amide bonds. The number of aliphatic imine (C=N–C) groups is 1. The van der Waals surface area contributed by atoms with Gasteiger partial charge in [-0.15, -0.1) is 0 Å². The maximum atomic E-state index is 14.1. The molecule has 1 aromatic heterocycles. The van der Waals surface area contributed by atoms with Gasteiger partial charge in [0.1, 0.15) is 11.6 Å². The number of halogens is 4. The van der Waals surface area contributed by atoms with Crippen molar-refractivity contribution in [3.63, 3.8) is 0 Å². The van der Waals surface area contributed by atoms with Crippen molar-refractivity contribution in [2.24, 2.45) is 4.99 Å². The number of methoxy groups -OCH3 is 1. The van der Waals surface area contributed by atoms with E-state index >= 15 is 0 Å². The van der Waals surface area contributed by atoms with Crippen LogP contribution in [0.25, 0.3) is 10.9 Å². The van der Waals surface area contributed by atoms with Crippen LogP contribution in [0.5, 0.6) is 5.75 Å². The van der Waals surface area contributed by atoms with Gasteiger partial charge in [-0.25, -0.2) is 4.39 Å². The number of rotatable bonds is 6. The first-order valence-electron chi connectivity index (χ1n) is 10.1. The third kappa shape index (κ3) is 4.07. The van der Waals surface area contributed by atoms with Gasteiger partial charge < -0.3 is 9.84 Å². The minimum Gasteiger partial charge on any atom is -0.496 e. The molecule has 1 saturated carbocycles. The van der Waals surface area contributed by atoms with E-state index < -0.39 is 29.4 Å². The number of aryl methyl sites for hydroxylation is 1. The summed E-state index contributed by atoms with van der Waals surface area (Å²) in [7, 11) is 1.38. The molecule has 168 valence electrons. The molecule has 0 spiro atoms. The largest absolute Gasteiger partial charge is 0.496 e. The first-order chi connectivity index (χ1) is 15.1. The van der Waals surface area contributed by atoms with Crippen LogP contribution < -0.4 is 4.74 Å². The van der Waals surface area contributed by atoms with Crippen LogP contribution in [-0.4, -0.2) is 35.2 Å². The van der Waals surface area contributed by atoms with E-state index in [1.165, 1.54) is 25.3 Å². The SMILES string of the molecule is COc1ccc(F)cc1C1(CC(O)(/C=N\c2cccc3nc(C)ccc23)C(F)(F)F)CC1. The molecule has 1 N–H and O–H groups in total. The fourth-order valence-electron chi connectivity index (χ4n) is 4.05. The molecule has 1 fully saturated rings. The lowest BCUT2D eigenvalue weighted by atomic mass is 9.82. The van der Waals surface area contributed by atoms with Crippen molar-refractivity contribution in [2.75, 3.05) is 7.11 Å². The summed E-state index contributed by atoms with van der Waals surface area (Å²) in [5.41, 5.74) is -2.31. The molecule has 2 aromatic carbocycles. The number of aromatic nitrogens is 1. The van der Waals surface area contributed by atoms with Crippen LogP contribution in [0.4, 0.5) is 23.2 Å². The van der Waals surface area contributed by atoms with E-state index in [0.717, 1.165) is 5.69 Å². The molecular formula is C24H22F4N2O2. The second-order valence-corrected chi connectivity index (χ2v) is 8.28. The Morgan fingerprint density at radius 3 is 2.56 bits per heavy atom. The number of aliphatic hydroxyl groups is 1. The summed E-state index contributed by atoms with van der Waals surface area (Å²) in [4.78, 5) is 8.39. The number of nitrogens with zero attached hydrogens (tertiary/aromatic N) is 2. The molecule has 4 nitrogen and oxygen atoms in total. The maximum absolute atomic E-state index is 14.1. The average molecular weight is 446 g/mol. The van der Waals surface area contributed by atoms with Gasteiger partial charge in [0.25, 0.3) is 0 Å². The summed E-state index contributed by atoms with van der Waals surface area (Å²) in [6.07, 6.45) is -4.37. The van der Waals surface area contributed by atoms with Crippen molar-refractivity contribution < 1.29 is 27.4 Å². The number of alkyl halides is 3. The summed E-state index contributed by atoms with van der Waals surface area (Å²) in [6.45, 7) is 1.81. The van der Waals surface area contributed by atoms with Gasteiger partial charge in [0.05, 0.1) is 18.3 Å². The molecule has 0 radical (unpaired) electrons. The molecule has 0 aliphatic heterocycles. The van der Waals surface area contributed by atoms with Crippen LogP contribution >= 0.6 is 0 Å². The highest BCUT2D eigenvalue weighted by Crippen LogP contribution is 2.57. The van der Waals surface area contributed by atoms with E-state index in [-0.39, 0.29) is 5.69 Å². The lowest BCUT2D eigenvalue weighted by Crippen LogP contribution is -2.49. The summed E-state index contributed by atoms with van der Waals surface area (Å²) in [5, 5.41) is 11.3. The second kappa shape index (κ2) is 7.85. The van der Waals surface area contributed by atoms with Crippen LogP contribution in [0.2, 0.25) is 0 Å². The Hall–Kier alpha value is -3.00. The van der Waals surface area contributed by atoms with Gasteiger partial charge in [-0.3, -0.25) is 9.98 Å². The van der Waals surface area contributed by atoms with Crippen LogP contribution in [0, 0.1) is 12.7 Å². The zero-order chi connectivity index (χ0) is 23.1. The average Bonchev–Trinajstić information content (AvgIpc) is 3.51. The van der Waals surface area contributed by atoms with Gasteiger partial charge in [0, 0.05) is 34.7 Å². The van der Waals surface area contributed by atoms with Gasteiger partial charge in [0.2, 0.25) is 0 Å². The zero-order valence-electron chi connectivity index (χ0n) is 17.6. The number of fused-ring (bicyclic) bond motifs is 1. The lowest BCUT2D eigenvalue weighted by Gasteiger charge is -2.31. The first kappa shape index (κ1) is 22.2. The lowest BCUT2D eigenvalue weighted by molar-refractivity contribution is -0.233. The Morgan fingerprint density at radius 2 is 1.91 bits per heavy atom. The maximum Gasteiger partial charge on any atom is 0.422 e. The number of pyridine rings is 1. The fraction of sp³-hybridized carbons (Fsp3) is 0.333. The second-order valence-electron chi connectivity index (χ2n) is 8.28. The number of ether oxygens (including phenoxy) is 1. The van der Waals surface area contributed by atoms with E-state index in [2.05, 4.69) is 9.98 Å². The molecule has 4 rings (SSSR count). The third-order valence-corrected chi connectivity index (χ3v) is 5.95. The van der Waals surface area contributed by atoms with E-state index in [0.29, 0.717) is 41.3 Å². The van der Waals surface area contributed by atoms with Gasteiger partial charge in [-0.1, -0.05) is 6.07 Å². The molecule has 1 unspecified atom stereocenters. The van der Waals surface area contributed by atoms with Crippen molar-refractivity contribution in [1.29, 1.82) is 0 Å². The van der Waals surface area contributed by atoms with E-state index in [9.17, 15) is 22.7 Å². The smallest absolute Gasteiger partial charge is 0.422 e. The highest BCUT2D eigenvalue weighted by Gasteiger charge is 2.60. The number of hydrogen-bond donors (Lipinski definition) is 1. The molecule has 1 aliphatic rings. The van der Waals surface area contributed by atoms with Crippen molar-refractivity contribution in [3.05, 3.63) is 65.6 Å². The predicted octanol–water partition coefficient (Wildman–Crippen LogP) is 5.81. The molecule has 1 aliphatic carbocycles. The number of hydrogen-bond acceptors (Lipinski definition) is 4. The van der Waals surface area contributed by atoms with Crippen molar-refractivity contribution in [2.45, 2.75) is 43.4 Å². The minimum absolute atomic E-state index is 0.269. The van der Waals surface area contributed by atoms with Gasteiger partial charge in [0.15, 0.2) is 5.60 Å². The topological polar surface area (TPSA) is 54.7 Å². The summed E-state index contributed by atoms with van der Waals surface area (Å²) < 4.78 is 61.3. The first-order valence-corrected chi connectivity index (χ1v) is 10.1. The summed E-state index contributed by atoms with van der Waals surface area (Å²) in [5.74, 6) is -0.282. The van der Waals surface area contributed by atoms with Crippen LogP contribution in [0.1, 0.15) is 30.5 Å². The van der Waals surface area contributed by atoms with Crippen molar-refractivity contribution in [3.8, 4) is 5.75 Å². The van der Waals surface area contributed by atoms with Crippen molar-refractivity contribution >= 4 is 22.8 Å². The Bertz CT molecular complexity index is 1190. The number of benzene rings is 2. The van der Waals surface area contributed by atoms with E-state index in [1.54, 1.807) is 30.3 Å². The molecule has 32 heavy (non-hydrogen) atoms. The molecular weight excluding hydrogens is 424 g/mol. The minimum atomic E-state index is -4.98. The van der Waals surface area contributed by atoms with Crippen molar-refractivity contribution in [1.82, 2.24) is 4.98 Å². The van der Waals surface area contributed by atoms with E-state index in [1.807, 2.05) is 6.92 Å². The Kier molecular flexibility index (Phi) is 5.45. The summed E-state index contributed by atoms with van der Waals surface area (Å²) in [6, 6.07) is 12.2. The van der Waals surface area contributed by atoms with Gasteiger partial charge in [-0.2, -0.15) is 13.2 Å². The van der Waals surface area contributed by atoms with Gasteiger partial charge in [-0.05, 0) is 62.2 Å². The van der Waals surface area contributed by atoms with Gasteiger partial charge >= 0.3 is 6.18 Å². The predicted molar refractivity (Wildman–Crippen MR) is 114 cm³/mol. The van der Waals surface area contributed by atoms with E-state index in [4.69, 9.17) is 4.74 Å². The Labute approximate surface area is 182 Å². The third-order valence-electron chi connectivity index (χ3n) is 5.95. The zero-order valence-corrected chi connectivity index (χ0v) is 17.6. The standard InChI is InChI=1S/C24H22F4N2O2/c1-15-6-8-17-19(4-3-5-20(17)30-15)29-14-23(31,24(26,27)28)13-22(10-11-22)18-12-16(25)7-9-21(18)32-2/h3-9,12,14,31H,10-11,13H2,1-2H3/b29-14-. The quantitative estimate of drug-likeness (QED) is 0.384. The summed E-state index contributed by atoms with van der Waals surface area (Å²) >= 11 is 0. The Morgan fingerprint density at radius 1 is 1.16 bits per heavy atom. The molecule has 1 atom stereocenters. The van der Waals surface area contributed by atoms with Crippen LogP contribution in [0.15, 0.2) is 53.5 Å². The molecule has 3 aromatic rings. The highest BCUT2D eigenvalue weighted by atomic mass is 19.4. The molecule has 8 heteroatoms. The monoisotopic (exact) mass is 446 g/mol. The fourth-order valence-corrected chi connectivity index (χ4v) is 4.05. The molecule has 0 saturated heterocycles. The Balaban J connectivity index is 1.73. The molecule has 0 bridgehead atoms. The van der Waals surface area contributed by atoms with Crippen LogP contribution in [-0.2, 0) is 5.41 Å². The highest BCUT2D eigenvalue weighted by molar-refractivity contribution is 5.92. The molecule has 1 heterocycles. The normalized spacial score (nSPS) is 17.5. The van der Waals surface area contributed by atoms with Crippen LogP contribution in [0.3, 0.4) is 0 Å².